The molecule has 2 rings (SSSR count). The SMILES string of the molecule is Cc1c(Cl)cccc1NC(=O)C(=O)NCC1(O)CCOCC1. The van der Waals surface area contributed by atoms with Gasteiger partial charge in [0.2, 0.25) is 0 Å². The van der Waals surface area contributed by atoms with Gasteiger partial charge in [0.05, 0.1) is 5.60 Å². The van der Waals surface area contributed by atoms with Crippen molar-refractivity contribution in [3.05, 3.63) is 28.8 Å². The minimum absolute atomic E-state index is 0.0249. The van der Waals surface area contributed by atoms with Gasteiger partial charge in [-0.15, -0.1) is 0 Å². The van der Waals surface area contributed by atoms with Gasteiger partial charge in [-0.25, -0.2) is 0 Å². The number of rotatable bonds is 3. The van der Waals surface area contributed by atoms with Gasteiger partial charge in [0.25, 0.3) is 0 Å². The summed E-state index contributed by atoms with van der Waals surface area (Å²) in [6.07, 6.45) is 0.866. The van der Waals surface area contributed by atoms with Crippen LogP contribution in [-0.2, 0) is 14.3 Å². The lowest BCUT2D eigenvalue weighted by atomic mass is 9.94. The molecular weight excluding hydrogens is 308 g/mol. The lowest BCUT2D eigenvalue weighted by molar-refractivity contribution is -0.137. The number of nitrogens with one attached hydrogen (secondary N) is 2. The molecule has 1 aliphatic heterocycles. The largest absolute Gasteiger partial charge is 0.388 e. The molecule has 1 fully saturated rings. The summed E-state index contributed by atoms with van der Waals surface area (Å²) in [5, 5.41) is 15.7. The van der Waals surface area contributed by atoms with Crippen LogP contribution in [0.2, 0.25) is 5.02 Å². The van der Waals surface area contributed by atoms with Crippen LogP contribution in [0.15, 0.2) is 18.2 Å². The summed E-state index contributed by atoms with van der Waals surface area (Å²) in [4.78, 5) is 23.7. The van der Waals surface area contributed by atoms with Gasteiger partial charge in [-0.05, 0) is 24.6 Å². The van der Waals surface area contributed by atoms with Gasteiger partial charge in [-0.2, -0.15) is 0 Å². The predicted octanol–water partition coefficient (Wildman–Crippen LogP) is 1.24. The maximum atomic E-state index is 11.9. The minimum Gasteiger partial charge on any atom is -0.388 e. The number of carbonyl (C=O) groups excluding carboxylic acids is 2. The fourth-order valence-electron chi connectivity index (χ4n) is 2.18. The third kappa shape index (κ3) is 4.19. The summed E-state index contributed by atoms with van der Waals surface area (Å²) < 4.78 is 5.16. The highest BCUT2D eigenvalue weighted by Crippen LogP contribution is 2.23. The van der Waals surface area contributed by atoms with Gasteiger partial charge >= 0.3 is 11.8 Å². The first-order valence-corrected chi connectivity index (χ1v) is 7.43. The molecular formula is C15H19ClN2O4. The molecule has 3 N–H and O–H groups in total. The molecule has 1 heterocycles. The Morgan fingerprint density at radius 2 is 2.00 bits per heavy atom. The molecule has 1 saturated heterocycles. The van der Waals surface area contributed by atoms with Gasteiger partial charge in [0, 0.05) is 43.3 Å². The monoisotopic (exact) mass is 326 g/mol. The molecule has 1 aromatic carbocycles. The van der Waals surface area contributed by atoms with E-state index in [0.29, 0.717) is 42.3 Å². The topological polar surface area (TPSA) is 87.7 Å². The number of amides is 2. The van der Waals surface area contributed by atoms with Crippen LogP contribution >= 0.6 is 11.6 Å². The van der Waals surface area contributed by atoms with Crippen molar-refractivity contribution in [1.82, 2.24) is 5.32 Å². The van der Waals surface area contributed by atoms with E-state index in [1.807, 2.05) is 0 Å². The minimum atomic E-state index is -1.01. The van der Waals surface area contributed by atoms with Crippen molar-refractivity contribution in [2.75, 3.05) is 25.1 Å². The number of carbonyl (C=O) groups is 2. The normalized spacial score (nSPS) is 16.9. The van der Waals surface area contributed by atoms with Crippen LogP contribution in [0.25, 0.3) is 0 Å². The maximum Gasteiger partial charge on any atom is 0.313 e. The number of halogens is 1. The van der Waals surface area contributed by atoms with Crippen molar-refractivity contribution in [1.29, 1.82) is 0 Å². The molecule has 1 aliphatic rings. The van der Waals surface area contributed by atoms with Crippen LogP contribution in [0.1, 0.15) is 18.4 Å². The average Bonchev–Trinajstić information content (AvgIpc) is 2.50. The Hall–Kier alpha value is -1.63. The predicted molar refractivity (Wildman–Crippen MR) is 82.8 cm³/mol. The first-order valence-electron chi connectivity index (χ1n) is 7.06. The van der Waals surface area contributed by atoms with Crippen molar-refractivity contribution in [2.45, 2.75) is 25.4 Å². The van der Waals surface area contributed by atoms with E-state index in [-0.39, 0.29) is 6.54 Å². The Bertz CT molecular complexity index is 571. The van der Waals surface area contributed by atoms with Crippen LogP contribution in [0.4, 0.5) is 5.69 Å². The van der Waals surface area contributed by atoms with Crippen LogP contribution in [-0.4, -0.2) is 42.3 Å². The van der Waals surface area contributed by atoms with E-state index in [1.54, 1.807) is 25.1 Å². The third-order valence-electron chi connectivity index (χ3n) is 3.72. The second kappa shape index (κ2) is 7.09. The van der Waals surface area contributed by atoms with E-state index in [2.05, 4.69) is 10.6 Å². The summed E-state index contributed by atoms with van der Waals surface area (Å²) in [6.45, 7) is 2.66. The summed E-state index contributed by atoms with van der Waals surface area (Å²) in [5.74, 6) is -1.58. The number of benzene rings is 1. The molecule has 0 radical (unpaired) electrons. The molecule has 7 heteroatoms. The van der Waals surface area contributed by atoms with E-state index >= 15 is 0 Å². The summed E-state index contributed by atoms with van der Waals surface area (Å²) in [6, 6.07) is 5.05. The standard InChI is InChI=1S/C15H19ClN2O4/c1-10-11(16)3-2-4-12(10)18-14(20)13(19)17-9-15(21)5-7-22-8-6-15/h2-4,21H,5-9H2,1H3,(H,17,19)(H,18,20). The Kier molecular flexibility index (Phi) is 5.39. The quantitative estimate of drug-likeness (QED) is 0.729. The number of aliphatic hydroxyl groups is 1. The summed E-state index contributed by atoms with van der Waals surface area (Å²) in [5.41, 5.74) is 0.158. The van der Waals surface area contributed by atoms with Crippen molar-refractivity contribution >= 4 is 29.1 Å². The Morgan fingerprint density at radius 1 is 1.32 bits per heavy atom. The number of hydrogen-bond donors (Lipinski definition) is 3. The van der Waals surface area contributed by atoms with Gasteiger partial charge in [0.1, 0.15) is 0 Å². The maximum absolute atomic E-state index is 11.9. The average molecular weight is 327 g/mol. The molecule has 1 aromatic rings. The fourth-order valence-corrected chi connectivity index (χ4v) is 2.35. The van der Waals surface area contributed by atoms with Gasteiger partial charge in [0.15, 0.2) is 0 Å². The zero-order valence-corrected chi connectivity index (χ0v) is 13.1. The summed E-state index contributed by atoms with van der Waals surface area (Å²) >= 11 is 5.96. The highest BCUT2D eigenvalue weighted by molar-refractivity contribution is 6.40. The highest BCUT2D eigenvalue weighted by atomic mass is 35.5. The van der Waals surface area contributed by atoms with Crippen molar-refractivity contribution in [3.8, 4) is 0 Å². The molecule has 0 unspecified atom stereocenters. The molecule has 2 amide bonds. The summed E-state index contributed by atoms with van der Waals surface area (Å²) in [7, 11) is 0. The van der Waals surface area contributed by atoms with Crippen LogP contribution in [0.5, 0.6) is 0 Å². The van der Waals surface area contributed by atoms with Crippen molar-refractivity contribution in [3.63, 3.8) is 0 Å². The Labute approximate surface area is 133 Å². The molecule has 120 valence electrons. The zero-order chi connectivity index (χ0) is 16.2. The second-order valence-corrected chi connectivity index (χ2v) is 5.79. The first kappa shape index (κ1) is 16.7. The molecule has 22 heavy (non-hydrogen) atoms. The van der Waals surface area contributed by atoms with E-state index in [9.17, 15) is 14.7 Å². The molecule has 0 bridgehead atoms. The van der Waals surface area contributed by atoms with Gasteiger partial charge in [-0.3, -0.25) is 9.59 Å². The number of ether oxygens (including phenoxy) is 1. The Morgan fingerprint density at radius 3 is 2.68 bits per heavy atom. The van der Waals surface area contributed by atoms with Gasteiger partial charge < -0.3 is 20.5 Å². The number of anilines is 1. The molecule has 6 nitrogen and oxygen atoms in total. The fraction of sp³-hybridized carbons (Fsp3) is 0.467. The Balaban J connectivity index is 1.89. The van der Waals surface area contributed by atoms with Crippen molar-refractivity contribution < 1.29 is 19.4 Å². The van der Waals surface area contributed by atoms with Crippen LogP contribution in [0, 0.1) is 6.92 Å². The van der Waals surface area contributed by atoms with E-state index in [1.165, 1.54) is 0 Å². The van der Waals surface area contributed by atoms with E-state index in [4.69, 9.17) is 16.3 Å². The van der Waals surface area contributed by atoms with Crippen molar-refractivity contribution in [2.24, 2.45) is 0 Å². The molecule has 0 atom stereocenters. The molecule has 0 saturated carbocycles. The van der Waals surface area contributed by atoms with Crippen LogP contribution < -0.4 is 10.6 Å². The molecule has 0 spiro atoms. The highest BCUT2D eigenvalue weighted by Gasteiger charge is 2.31. The second-order valence-electron chi connectivity index (χ2n) is 5.39. The first-order chi connectivity index (χ1) is 10.4. The smallest absolute Gasteiger partial charge is 0.313 e. The zero-order valence-electron chi connectivity index (χ0n) is 12.3. The van der Waals surface area contributed by atoms with E-state index in [0.717, 1.165) is 0 Å². The third-order valence-corrected chi connectivity index (χ3v) is 4.13. The molecule has 0 aromatic heterocycles. The lowest BCUT2D eigenvalue weighted by Gasteiger charge is -2.31. The lowest BCUT2D eigenvalue weighted by Crippen LogP contribution is -2.48. The van der Waals surface area contributed by atoms with E-state index < -0.39 is 17.4 Å². The molecule has 0 aliphatic carbocycles. The van der Waals surface area contributed by atoms with Crippen LogP contribution in [0.3, 0.4) is 0 Å². The number of hydrogen-bond acceptors (Lipinski definition) is 4. The van der Waals surface area contributed by atoms with Gasteiger partial charge in [-0.1, -0.05) is 17.7 Å².